The summed E-state index contributed by atoms with van der Waals surface area (Å²) < 4.78 is 5.35. The molecule has 10 heavy (non-hydrogen) atoms. The standard InChI is InChI=1S/C9H20O/c1-5-7-9(3,4)8-10-6-2/h5-8H2,1-4H3. The van der Waals surface area contributed by atoms with E-state index in [4.69, 9.17) is 4.74 Å². The molecule has 1 nitrogen and oxygen atoms in total. The van der Waals surface area contributed by atoms with E-state index in [1.165, 1.54) is 12.8 Å². The highest BCUT2D eigenvalue weighted by molar-refractivity contribution is 4.66. The van der Waals surface area contributed by atoms with Crippen LogP contribution in [0.2, 0.25) is 0 Å². The van der Waals surface area contributed by atoms with Gasteiger partial charge in [-0.1, -0.05) is 27.2 Å². The van der Waals surface area contributed by atoms with Gasteiger partial charge in [-0.2, -0.15) is 0 Å². The van der Waals surface area contributed by atoms with Crippen molar-refractivity contribution in [3.05, 3.63) is 0 Å². The highest BCUT2D eigenvalue weighted by atomic mass is 16.5. The largest absolute Gasteiger partial charge is 0.381 e. The molecule has 0 aromatic carbocycles. The van der Waals surface area contributed by atoms with Crippen LogP contribution in [-0.2, 0) is 4.74 Å². The number of rotatable bonds is 5. The van der Waals surface area contributed by atoms with Gasteiger partial charge in [0.25, 0.3) is 0 Å². The molecule has 0 aliphatic heterocycles. The molecule has 0 N–H and O–H groups in total. The van der Waals surface area contributed by atoms with Gasteiger partial charge in [-0.3, -0.25) is 0 Å². The summed E-state index contributed by atoms with van der Waals surface area (Å²) in [5, 5.41) is 0. The fraction of sp³-hybridized carbons (Fsp3) is 1.00. The van der Waals surface area contributed by atoms with E-state index in [1.54, 1.807) is 0 Å². The first-order valence-electron chi connectivity index (χ1n) is 4.20. The smallest absolute Gasteiger partial charge is 0.0516 e. The molecule has 0 atom stereocenters. The summed E-state index contributed by atoms with van der Waals surface area (Å²) in [4.78, 5) is 0. The van der Waals surface area contributed by atoms with Crippen LogP contribution in [-0.4, -0.2) is 13.2 Å². The highest BCUT2D eigenvalue weighted by Crippen LogP contribution is 2.21. The van der Waals surface area contributed by atoms with Gasteiger partial charge >= 0.3 is 0 Å². The fourth-order valence-corrected chi connectivity index (χ4v) is 1.13. The molecule has 0 bridgehead atoms. The van der Waals surface area contributed by atoms with Gasteiger partial charge in [0.2, 0.25) is 0 Å². The van der Waals surface area contributed by atoms with Crippen LogP contribution in [0.1, 0.15) is 40.5 Å². The molecule has 0 aromatic heterocycles. The minimum absolute atomic E-state index is 0.380. The monoisotopic (exact) mass is 144 g/mol. The van der Waals surface area contributed by atoms with Crippen LogP contribution in [0.15, 0.2) is 0 Å². The molecule has 62 valence electrons. The Kier molecular flexibility index (Phi) is 4.71. The maximum atomic E-state index is 5.35. The zero-order valence-electron chi connectivity index (χ0n) is 7.74. The van der Waals surface area contributed by atoms with Crippen molar-refractivity contribution in [1.82, 2.24) is 0 Å². The van der Waals surface area contributed by atoms with E-state index >= 15 is 0 Å². The summed E-state index contributed by atoms with van der Waals surface area (Å²) in [6, 6.07) is 0. The van der Waals surface area contributed by atoms with E-state index in [9.17, 15) is 0 Å². The van der Waals surface area contributed by atoms with Gasteiger partial charge in [-0.25, -0.2) is 0 Å². The first kappa shape index (κ1) is 9.96. The van der Waals surface area contributed by atoms with Crippen molar-refractivity contribution in [2.45, 2.75) is 40.5 Å². The van der Waals surface area contributed by atoms with Gasteiger partial charge in [0, 0.05) is 6.61 Å². The lowest BCUT2D eigenvalue weighted by atomic mass is 9.89. The summed E-state index contributed by atoms with van der Waals surface area (Å²) in [5.74, 6) is 0. The van der Waals surface area contributed by atoms with Crippen LogP contribution in [0, 0.1) is 5.41 Å². The lowest BCUT2D eigenvalue weighted by Crippen LogP contribution is -2.18. The summed E-state index contributed by atoms with van der Waals surface area (Å²) in [6.07, 6.45) is 2.51. The molecule has 0 aliphatic carbocycles. The van der Waals surface area contributed by atoms with Crippen LogP contribution in [0.4, 0.5) is 0 Å². The summed E-state index contributed by atoms with van der Waals surface area (Å²) in [7, 11) is 0. The molecule has 0 unspecified atom stereocenters. The Morgan fingerprint density at radius 3 is 2.20 bits per heavy atom. The topological polar surface area (TPSA) is 9.23 Å². The van der Waals surface area contributed by atoms with Crippen molar-refractivity contribution in [2.24, 2.45) is 5.41 Å². The Hall–Kier alpha value is -0.0400. The van der Waals surface area contributed by atoms with E-state index in [2.05, 4.69) is 20.8 Å². The molecular weight excluding hydrogens is 124 g/mol. The zero-order chi connectivity index (χ0) is 8.04. The first-order valence-corrected chi connectivity index (χ1v) is 4.20. The molecule has 0 radical (unpaired) electrons. The Bertz CT molecular complexity index is 76.8. The number of ether oxygens (including phenoxy) is 1. The van der Waals surface area contributed by atoms with E-state index in [-0.39, 0.29) is 0 Å². The minimum atomic E-state index is 0.380. The molecule has 0 spiro atoms. The normalized spacial score (nSPS) is 12.0. The van der Waals surface area contributed by atoms with Gasteiger partial charge in [0.05, 0.1) is 6.61 Å². The van der Waals surface area contributed by atoms with Crippen molar-refractivity contribution in [3.8, 4) is 0 Å². The Labute approximate surface area is 64.8 Å². The van der Waals surface area contributed by atoms with Crippen molar-refractivity contribution >= 4 is 0 Å². The second-order valence-electron chi connectivity index (χ2n) is 3.55. The third-order valence-corrected chi connectivity index (χ3v) is 1.62. The van der Waals surface area contributed by atoms with E-state index in [0.717, 1.165) is 13.2 Å². The van der Waals surface area contributed by atoms with Crippen molar-refractivity contribution in [1.29, 1.82) is 0 Å². The summed E-state index contributed by atoms with van der Waals surface area (Å²) in [6.45, 7) is 10.5. The Morgan fingerprint density at radius 1 is 1.20 bits per heavy atom. The molecule has 1 heteroatoms. The van der Waals surface area contributed by atoms with Gasteiger partial charge in [-0.15, -0.1) is 0 Å². The Morgan fingerprint density at radius 2 is 1.80 bits per heavy atom. The lowest BCUT2D eigenvalue weighted by molar-refractivity contribution is 0.0657. The van der Waals surface area contributed by atoms with Crippen LogP contribution in [0.3, 0.4) is 0 Å². The van der Waals surface area contributed by atoms with Crippen LogP contribution >= 0.6 is 0 Å². The zero-order valence-corrected chi connectivity index (χ0v) is 7.74. The van der Waals surface area contributed by atoms with Crippen LogP contribution in [0.25, 0.3) is 0 Å². The molecule has 0 heterocycles. The molecule has 0 aromatic rings. The maximum Gasteiger partial charge on any atom is 0.0516 e. The molecule has 0 amide bonds. The van der Waals surface area contributed by atoms with Crippen molar-refractivity contribution < 1.29 is 4.74 Å². The highest BCUT2D eigenvalue weighted by Gasteiger charge is 2.15. The van der Waals surface area contributed by atoms with Gasteiger partial charge in [-0.05, 0) is 18.8 Å². The van der Waals surface area contributed by atoms with E-state index in [1.807, 2.05) is 6.92 Å². The minimum Gasteiger partial charge on any atom is -0.381 e. The number of hydrogen-bond donors (Lipinski definition) is 0. The van der Waals surface area contributed by atoms with Crippen molar-refractivity contribution in [2.75, 3.05) is 13.2 Å². The molecule has 0 saturated carbocycles. The molecule has 0 fully saturated rings. The predicted octanol–water partition coefficient (Wildman–Crippen LogP) is 2.85. The fourth-order valence-electron chi connectivity index (χ4n) is 1.13. The average molecular weight is 144 g/mol. The lowest BCUT2D eigenvalue weighted by Gasteiger charge is -2.22. The Balaban J connectivity index is 3.42. The predicted molar refractivity (Wildman–Crippen MR) is 45.2 cm³/mol. The molecule has 0 aliphatic rings. The molecule has 0 rings (SSSR count). The average Bonchev–Trinajstić information content (AvgIpc) is 1.84. The molecule has 0 saturated heterocycles. The van der Waals surface area contributed by atoms with Gasteiger partial charge in [0.15, 0.2) is 0 Å². The quantitative estimate of drug-likeness (QED) is 0.576. The second kappa shape index (κ2) is 4.73. The van der Waals surface area contributed by atoms with Crippen LogP contribution in [0.5, 0.6) is 0 Å². The summed E-state index contributed by atoms with van der Waals surface area (Å²) in [5.41, 5.74) is 0.380. The van der Waals surface area contributed by atoms with Gasteiger partial charge < -0.3 is 4.74 Å². The third kappa shape index (κ3) is 4.80. The van der Waals surface area contributed by atoms with Gasteiger partial charge in [0.1, 0.15) is 0 Å². The second-order valence-corrected chi connectivity index (χ2v) is 3.55. The van der Waals surface area contributed by atoms with E-state index < -0.39 is 0 Å². The SMILES string of the molecule is CCCC(C)(C)COCC. The first-order chi connectivity index (χ1) is 4.62. The van der Waals surface area contributed by atoms with Crippen molar-refractivity contribution in [3.63, 3.8) is 0 Å². The maximum absolute atomic E-state index is 5.35. The van der Waals surface area contributed by atoms with Crippen LogP contribution < -0.4 is 0 Å². The van der Waals surface area contributed by atoms with E-state index in [0.29, 0.717) is 5.41 Å². The number of hydrogen-bond acceptors (Lipinski definition) is 1. The summed E-state index contributed by atoms with van der Waals surface area (Å²) >= 11 is 0. The third-order valence-electron chi connectivity index (χ3n) is 1.62. The molecular formula is C9H20O.